The zero-order valence-electron chi connectivity index (χ0n) is 25.4. The Kier molecular flexibility index (Phi) is 16.8. The van der Waals surface area contributed by atoms with Gasteiger partial charge in [0.2, 0.25) is 29.5 Å². The SMILES string of the molecule is CC[C@H](C)[C@H](NC(=O)[C@H](Cc1cnc[nH]1)NC(=O)CCc1ccccc1)C(=O)NCCOCCOCNC(=O)CCC(N)=O. The number of imidazole rings is 1. The quantitative estimate of drug-likeness (QED) is 0.0788. The van der Waals surface area contributed by atoms with Crippen molar-refractivity contribution in [2.24, 2.45) is 11.7 Å². The van der Waals surface area contributed by atoms with Gasteiger partial charge < -0.3 is 41.5 Å². The molecular formula is C30H45N7O7. The molecule has 242 valence electrons. The molecule has 0 bridgehead atoms. The van der Waals surface area contributed by atoms with E-state index in [1.54, 1.807) is 6.20 Å². The summed E-state index contributed by atoms with van der Waals surface area (Å²) in [5, 5.41) is 10.9. The molecule has 5 amide bonds. The standard InChI is InChI=1S/C30H45N7O7/c1-3-21(2)28(30(42)33-13-14-43-15-16-44-20-35-26(39)12-10-25(31)38)37-29(41)24(17-23-18-32-19-34-23)36-27(40)11-9-22-7-5-4-6-8-22/h4-8,18-19,21,24,28H,3,9-17,20H2,1-2H3,(H2,31,38)(H,32,34)(H,33,42)(H,35,39)(H,36,40)(H,37,41)/t21-,24-,28-/m0/s1. The Hall–Kier alpha value is -4.30. The second-order valence-corrected chi connectivity index (χ2v) is 10.3. The number of H-pyrrole nitrogens is 1. The lowest BCUT2D eigenvalue weighted by atomic mass is 9.97. The van der Waals surface area contributed by atoms with Crippen molar-refractivity contribution in [1.29, 1.82) is 0 Å². The van der Waals surface area contributed by atoms with E-state index < -0.39 is 23.9 Å². The number of rotatable bonds is 22. The number of aromatic nitrogens is 2. The van der Waals surface area contributed by atoms with E-state index in [0.29, 0.717) is 18.5 Å². The highest BCUT2D eigenvalue weighted by Crippen LogP contribution is 2.10. The summed E-state index contributed by atoms with van der Waals surface area (Å²) >= 11 is 0. The highest BCUT2D eigenvalue weighted by molar-refractivity contribution is 5.92. The van der Waals surface area contributed by atoms with Crippen molar-refractivity contribution < 1.29 is 33.4 Å². The summed E-state index contributed by atoms with van der Waals surface area (Å²) in [4.78, 5) is 68.4. The number of nitrogens with zero attached hydrogens (tertiary/aromatic N) is 1. The Morgan fingerprint density at radius 1 is 0.909 bits per heavy atom. The van der Waals surface area contributed by atoms with Crippen molar-refractivity contribution in [2.45, 2.75) is 64.5 Å². The molecule has 2 rings (SSSR count). The molecule has 1 heterocycles. The van der Waals surface area contributed by atoms with E-state index in [1.807, 2.05) is 44.2 Å². The molecule has 0 unspecified atom stereocenters. The fourth-order valence-corrected chi connectivity index (χ4v) is 4.06. The van der Waals surface area contributed by atoms with Gasteiger partial charge in [0.15, 0.2) is 0 Å². The Labute approximate surface area is 257 Å². The molecule has 7 N–H and O–H groups in total. The first-order chi connectivity index (χ1) is 21.2. The molecule has 0 fully saturated rings. The summed E-state index contributed by atoms with van der Waals surface area (Å²) in [5.41, 5.74) is 6.69. The molecule has 1 aromatic carbocycles. The number of amides is 5. The molecule has 3 atom stereocenters. The van der Waals surface area contributed by atoms with Crippen LogP contribution in [0.15, 0.2) is 42.9 Å². The first kappa shape index (κ1) is 35.9. The van der Waals surface area contributed by atoms with Crippen molar-refractivity contribution in [1.82, 2.24) is 31.2 Å². The maximum atomic E-state index is 13.4. The van der Waals surface area contributed by atoms with Crippen LogP contribution in [-0.4, -0.2) is 84.7 Å². The lowest BCUT2D eigenvalue weighted by Gasteiger charge is -2.26. The molecule has 2 aromatic rings. The van der Waals surface area contributed by atoms with Gasteiger partial charge in [-0.25, -0.2) is 4.98 Å². The predicted molar refractivity (Wildman–Crippen MR) is 162 cm³/mol. The van der Waals surface area contributed by atoms with Crippen molar-refractivity contribution >= 4 is 29.5 Å². The number of nitrogens with two attached hydrogens (primary N) is 1. The van der Waals surface area contributed by atoms with Crippen LogP contribution in [0.5, 0.6) is 0 Å². The van der Waals surface area contributed by atoms with E-state index in [1.165, 1.54) is 6.33 Å². The Balaban J connectivity index is 1.80. The van der Waals surface area contributed by atoms with Gasteiger partial charge in [0.1, 0.15) is 18.8 Å². The summed E-state index contributed by atoms with van der Waals surface area (Å²) in [6.07, 6.45) is 4.63. The minimum Gasteiger partial charge on any atom is -0.377 e. The van der Waals surface area contributed by atoms with Gasteiger partial charge in [0, 0.05) is 44.1 Å². The fraction of sp³-hybridized carbons (Fsp3) is 0.533. The van der Waals surface area contributed by atoms with E-state index in [9.17, 15) is 24.0 Å². The molecule has 0 aliphatic rings. The zero-order valence-corrected chi connectivity index (χ0v) is 25.4. The predicted octanol–water partition coefficient (Wildman–Crippen LogP) is 0.0893. The van der Waals surface area contributed by atoms with Gasteiger partial charge in [0.25, 0.3) is 0 Å². The number of hydrogen-bond donors (Lipinski definition) is 6. The van der Waals surface area contributed by atoms with Crippen molar-refractivity contribution in [3.05, 3.63) is 54.1 Å². The third kappa shape index (κ3) is 14.7. The number of aromatic amines is 1. The lowest BCUT2D eigenvalue weighted by molar-refractivity contribution is -0.133. The summed E-state index contributed by atoms with van der Waals surface area (Å²) in [7, 11) is 0. The number of aryl methyl sites for hydroxylation is 1. The lowest BCUT2D eigenvalue weighted by Crippen LogP contribution is -2.56. The van der Waals surface area contributed by atoms with E-state index >= 15 is 0 Å². The van der Waals surface area contributed by atoms with Gasteiger partial charge in [-0.3, -0.25) is 24.0 Å². The van der Waals surface area contributed by atoms with Crippen molar-refractivity contribution in [2.75, 3.05) is 33.1 Å². The van der Waals surface area contributed by atoms with Crippen LogP contribution >= 0.6 is 0 Å². The van der Waals surface area contributed by atoms with Crippen molar-refractivity contribution in [3.8, 4) is 0 Å². The van der Waals surface area contributed by atoms with Crippen LogP contribution in [0.2, 0.25) is 0 Å². The second kappa shape index (κ2) is 20.6. The number of hydrogen-bond acceptors (Lipinski definition) is 8. The van der Waals surface area contributed by atoms with Gasteiger partial charge in [-0.2, -0.15) is 0 Å². The number of nitrogens with one attached hydrogen (secondary N) is 5. The molecule has 0 saturated heterocycles. The monoisotopic (exact) mass is 615 g/mol. The van der Waals surface area contributed by atoms with Crippen LogP contribution in [-0.2, 0) is 46.3 Å². The minimum absolute atomic E-state index is 0.00128. The van der Waals surface area contributed by atoms with Crippen molar-refractivity contribution in [3.63, 3.8) is 0 Å². The molecule has 0 radical (unpaired) electrons. The highest BCUT2D eigenvalue weighted by Gasteiger charge is 2.30. The topological polar surface area (TPSA) is 207 Å². The number of carbonyl (C=O) groups is 5. The third-order valence-electron chi connectivity index (χ3n) is 6.79. The molecule has 44 heavy (non-hydrogen) atoms. The van der Waals surface area contributed by atoms with E-state index in [2.05, 4.69) is 31.2 Å². The molecule has 0 spiro atoms. The average molecular weight is 616 g/mol. The van der Waals surface area contributed by atoms with Gasteiger partial charge >= 0.3 is 0 Å². The van der Waals surface area contributed by atoms with Crippen LogP contribution in [0.3, 0.4) is 0 Å². The van der Waals surface area contributed by atoms with Gasteiger partial charge in [-0.15, -0.1) is 0 Å². The molecule has 14 heteroatoms. The summed E-state index contributed by atoms with van der Waals surface area (Å²) in [5.74, 6) is -2.16. The Morgan fingerprint density at radius 3 is 2.34 bits per heavy atom. The van der Waals surface area contributed by atoms with Gasteiger partial charge in [0.05, 0.1) is 26.1 Å². The van der Waals surface area contributed by atoms with Gasteiger partial charge in [-0.1, -0.05) is 50.6 Å². The molecule has 14 nitrogen and oxygen atoms in total. The molecular weight excluding hydrogens is 570 g/mol. The number of carbonyl (C=O) groups excluding carboxylic acids is 5. The van der Waals surface area contributed by atoms with Crippen LogP contribution < -0.4 is 27.0 Å². The summed E-state index contributed by atoms with van der Waals surface area (Å²) < 4.78 is 10.7. The highest BCUT2D eigenvalue weighted by atomic mass is 16.5. The Bertz CT molecular complexity index is 1160. The van der Waals surface area contributed by atoms with Crippen LogP contribution in [0.25, 0.3) is 0 Å². The number of benzene rings is 1. The summed E-state index contributed by atoms with van der Waals surface area (Å²) in [6.45, 7) is 4.63. The normalized spacial score (nSPS) is 12.9. The van der Waals surface area contributed by atoms with E-state index in [-0.39, 0.29) is 82.4 Å². The molecule has 0 saturated carbocycles. The maximum Gasteiger partial charge on any atom is 0.243 e. The fourth-order valence-electron chi connectivity index (χ4n) is 4.06. The minimum atomic E-state index is -0.908. The Morgan fingerprint density at radius 2 is 1.66 bits per heavy atom. The van der Waals surface area contributed by atoms with E-state index in [0.717, 1.165) is 5.56 Å². The molecule has 1 aromatic heterocycles. The average Bonchev–Trinajstić information content (AvgIpc) is 3.53. The van der Waals surface area contributed by atoms with Crippen LogP contribution in [0.4, 0.5) is 0 Å². The van der Waals surface area contributed by atoms with Gasteiger partial charge in [-0.05, 0) is 17.9 Å². The van der Waals surface area contributed by atoms with E-state index in [4.69, 9.17) is 15.2 Å². The first-order valence-corrected chi connectivity index (χ1v) is 14.8. The first-order valence-electron chi connectivity index (χ1n) is 14.8. The maximum absolute atomic E-state index is 13.4. The number of primary amides is 1. The summed E-state index contributed by atoms with van der Waals surface area (Å²) in [6, 6.07) is 7.88. The largest absolute Gasteiger partial charge is 0.377 e. The smallest absolute Gasteiger partial charge is 0.243 e. The molecule has 0 aliphatic carbocycles. The zero-order chi connectivity index (χ0) is 32.2. The second-order valence-electron chi connectivity index (χ2n) is 10.3. The number of ether oxygens (including phenoxy) is 2. The molecule has 0 aliphatic heterocycles. The van der Waals surface area contributed by atoms with Crippen LogP contribution in [0.1, 0.15) is 50.8 Å². The third-order valence-corrected chi connectivity index (χ3v) is 6.79. The van der Waals surface area contributed by atoms with Crippen LogP contribution in [0, 0.1) is 5.92 Å².